The summed E-state index contributed by atoms with van der Waals surface area (Å²) in [5.74, 6) is 0.498. The zero-order valence-corrected chi connectivity index (χ0v) is 20.6. The smallest absolute Gasteiger partial charge is 0.271 e. The number of hydrogen-bond donors (Lipinski definition) is 1. The molecule has 0 spiro atoms. The van der Waals surface area contributed by atoms with Crippen LogP contribution in [0.4, 0.5) is 0 Å². The van der Waals surface area contributed by atoms with Crippen molar-refractivity contribution in [1.82, 2.24) is 14.8 Å². The predicted molar refractivity (Wildman–Crippen MR) is 135 cm³/mol. The van der Waals surface area contributed by atoms with Gasteiger partial charge in [0, 0.05) is 31.1 Å². The van der Waals surface area contributed by atoms with E-state index in [2.05, 4.69) is 24.4 Å². The number of carbonyl (C=O) groups is 2. The fourth-order valence-electron chi connectivity index (χ4n) is 5.31. The molecule has 7 heteroatoms. The average Bonchev–Trinajstić information content (AvgIpc) is 3.53. The van der Waals surface area contributed by atoms with Crippen molar-refractivity contribution in [3.05, 3.63) is 65.9 Å². The van der Waals surface area contributed by atoms with Gasteiger partial charge >= 0.3 is 0 Å². The number of hydrogen-bond acceptors (Lipinski definition) is 4. The molecule has 2 aliphatic rings. The first-order valence-electron chi connectivity index (χ1n) is 12.3. The largest absolute Gasteiger partial charge is 0.497 e. The fourth-order valence-corrected chi connectivity index (χ4v) is 5.31. The lowest BCUT2D eigenvalue weighted by Crippen LogP contribution is -2.64. The molecule has 184 valence electrons. The minimum atomic E-state index is -1.05. The maximum Gasteiger partial charge on any atom is 0.271 e. The summed E-state index contributed by atoms with van der Waals surface area (Å²) in [4.78, 5) is 29.5. The number of aromatic nitrogens is 1. The number of fused-ring (bicyclic) bond motifs is 3. The van der Waals surface area contributed by atoms with E-state index in [0.717, 1.165) is 41.7 Å². The van der Waals surface area contributed by atoms with Crippen LogP contribution in [0.1, 0.15) is 48.7 Å². The lowest BCUT2D eigenvalue weighted by Gasteiger charge is -2.45. The molecule has 0 radical (unpaired) electrons. The summed E-state index contributed by atoms with van der Waals surface area (Å²) in [6, 6.07) is 17.8. The summed E-state index contributed by atoms with van der Waals surface area (Å²) in [7, 11) is 1.63. The monoisotopic (exact) mass is 475 g/mol. The zero-order chi connectivity index (χ0) is 24.6. The van der Waals surface area contributed by atoms with Crippen molar-refractivity contribution in [2.24, 2.45) is 0 Å². The first-order valence-corrected chi connectivity index (χ1v) is 12.3. The third kappa shape index (κ3) is 4.29. The van der Waals surface area contributed by atoms with Gasteiger partial charge in [-0.15, -0.1) is 0 Å². The molecular formula is C28H33N3O4. The highest BCUT2D eigenvalue weighted by Crippen LogP contribution is 2.35. The lowest BCUT2D eigenvalue weighted by atomic mass is 9.91. The normalized spacial score (nSPS) is 22.8. The molecule has 1 fully saturated rings. The molecule has 1 aromatic heterocycles. The van der Waals surface area contributed by atoms with E-state index in [1.165, 1.54) is 0 Å². The van der Waals surface area contributed by atoms with Gasteiger partial charge in [-0.05, 0) is 49.4 Å². The van der Waals surface area contributed by atoms with Gasteiger partial charge in [0.2, 0.25) is 5.91 Å². The van der Waals surface area contributed by atoms with Gasteiger partial charge in [-0.25, -0.2) is 0 Å². The van der Waals surface area contributed by atoms with Gasteiger partial charge in [0.1, 0.15) is 17.0 Å². The maximum absolute atomic E-state index is 14.0. The molecule has 3 heterocycles. The van der Waals surface area contributed by atoms with E-state index < -0.39 is 5.54 Å². The second-order valence-corrected chi connectivity index (χ2v) is 9.89. The van der Waals surface area contributed by atoms with Crippen LogP contribution in [0, 0.1) is 0 Å². The Labute approximate surface area is 206 Å². The van der Waals surface area contributed by atoms with Crippen LogP contribution in [0.3, 0.4) is 0 Å². The second kappa shape index (κ2) is 9.38. The lowest BCUT2D eigenvalue weighted by molar-refractivity contribution is -0.133. The molecule has 5 rings (SSSR count). The highest BCUT2D eigenvalue weighted by Gasteiger charge is 2.48. The van der Waals surface area contributed by atoms with Crippen molar-refractivity contribution in [2.45, 2.75) is 50.8 Å². The van der Waals surface area contributed by atoms with Crippen LogP contribution >= 0.6 is 0 Å². The van der Waals surface area contributed by atoms with Gasteiger partial charge < -0.3 is 24.3 Å². The summed E-state index contributed by atoms with van der Waals surface area (Å²) >= 11 is 0. The molecule has 35 heavy (non-hydrogen) atoms. The molecule has 2 aromatic carbocycles. The van der Waals surface area contributed by atoms with Crippen molar-refractivity contribution in [3.63, 3.8) is 0 Å². The number of rotatable bonds is 7. The van der Waals surface area contributed by atoms with Crippen LogP contribution in [0.5, 0.6) is 5.75 Å². The van der Waals surface area contributed by atoms with Gasteiger partial charge in [0.25, 0.3) is 5.91 Å². The summed E-state index contributed by atoms with van der Waals surface area (Å²) in [5.41, 5.74) is 1.57. The van der Waals surface area contributed by atoms with Crippen molar-refractivity contribution in [1.29, 1.82) is 0 Å². The molecule has 2 amide bonds. The Hall–Kier alpha value is -3.32. The van der Waals surface area contributed by atoms with Gasteiger partial charge in [0.05, 0.1) is 25.3 Å². The van der Waals surface area contributed by atoms with Crippen LogP contribution in [-0.2, 0) is 16.1 Å². The first kappa shape index (κ1) is 23.4. The topological polar surface area (TPSA) is 72.8 Å². The highest BCUT2D eigenvalue weighted by atomic mass is 16.5. The SMILES string of the molecule is COc1ccc2cc3n(c2c1)C[C@](C)(C(=O)NC[C@H]1CCCO1)N(C[C@@H](C)c1ccccc1)C3=O. The summed E-state index contributed by atoms with van der Waals surface area (Å²) in [6.45, 7) is 5.97. The number of nitrogens with zero attached hydrogens (tertiary/aromatic N) is 2. The Morgan fingerprint density at radius 2 is 2.03 bits per heavy atom. The van der Waals surface area contributed by atoms with E-state index in [1.54, 1.807) is 12.0 Å². The molecule has 0 unspecified atom stereocenters. The Morgan fingerprint density at radius 3 is 2.74 bits per heavy atom. The third-order valence-corrected chi connectivity index (χ3v) is 7.47. The van der Waals surface area contributed by atoms with Crippen molar-refractivity contribution in [3.8, 4) is 5.75 Å². The molecule has 0 saturated carbocycles. The number of carbonyl (C=O) groups excluding carboxylic acids is 2. The molecule has 3 atom stereocenters. The average molecular weight is 476 g/mol. The standard InChI is InChI=1S/C28H33N3O4/c1-19(20-8-5-4-6-9-20)17-31-26(32)25-14-21-11-12-22(34-3)15-24(21)30(25)18-28(31,2)27(33)29-16-23-10-7-13-35-23/h4-6,8-9,11-12,14-15,19,23H,7,10,13,16-18H2,1-3H3,(H,29,33)/t19-,23-,28-/m1/s1. The van der Waals surface area contributed by atoms with E-state index in [0.29, 0.717) is 25.3 Å². The minimum absolute atomic E-state index is 0.0331. The maximum atomic E-state index is 14.0. The highest BCUT2D eigenvalue weighted by molar-refractivity contribution is 6.03. The Morgan fingerprint density at radius 1 is 1.23 bits per heavy atom. The van der Waals surface area contributed by atoms with E-state index in [4.69, 9.17) is 9.47 Å². The molecular weight excluding hydrogens is 442 g/mol. The van der Waals surface area contributed by atoms with Crippen LogP contribution in [0.25, 0.3) is 10.9 Å². The van der Waals surface area contributed by atoms with Crippen LogP contribution in [0.15, 0.2) is 54.6 Å². The molecule has 3 aromatic rings. The molecule has 0 bridgehead atoms. The Kier molecular flexibility index (Phi) is 6.28. The van der Waals surface area contributed by atoms with Crippen LogP contribution in [0.2, 0.25) is 0 Å². The number of ether oxygens (including phenoxy) is 2. The number of methoxy groups -OCH3 is 1. The van der Waals surface area contributed by atoms with Gasteiger partial charge in [-0.3, -0.25) is 9.59 Å². The van der Waals surface area contributed by atoms with E-state index in [1.807, 2.05) is 54.0 Å². The van der Waals surface area contributed by atoms with Crippen molar-refractivity contribution in [2.75, 3.05) is 26.8 Å². The first-order chi connectivity index (χ1) is 16.9. The molecule has 7 nitrogen and oxygen atoms in total. The second-order valence-electron chi connectivity index (χ2n) is 9.89. The van der Waals surface area contributed by atoms with E-state index in [-0.39, 0.29) is 23.8 Å². The Bertz CT molecular complexity index is 1230. The van der Waals surface area contributed by atoms with Crippen LogP contribution in [-0.4, -0.2) is 59.7 Å². The zero-order valence-electron chi connectivity index (χ0n) is 20.6. The van der Waals surface area contributed by atoms with E-state index in [9.17, 15) is 9.59 Å². The predicted octanol–water partition coefficient (Wildman–Crippen LogP) is 3.96. The summed E-state index contributed by atoms with van der Waals surface area (Å²) in [6.07, 6.45) is 1.99. The van der Waals surface area contributed by atoms with Crippen molar-refractivity contribution < 1.29 is 19.1 Å². The van der Waals surface area contributed by atoms with Gasteiger partial charge in [0.15, 0.2) is 0 Å². The van der Waals surface area contributed by atoms with Gasteiger partial charge in [-0.1, -0.05) is 37.3 Å². The Balaban J connectivity index is 1.51. The van der Waals surface area contributed by atoms with Gasteiger partial charge in [-0.2, -0.15) is 0 Å². The summed E-state index contributed by atoms with van der Waals surface area (Å²) in [5, 5.41) is 4.05. The molecule has 1 saturated heterocycles. The van der Waals surface area contributed by atoms with E-state index >= 15 is 0 Å². The number of benzene rings is 2. The number of nitrogens with one attached hydrogen (secondary N) is 1. The van der Waals surface area contributed by atoms with Crippen LogP contribution < -0.4 is 10.1 Å². The molecule has 0 aliphatic carbocycles. The summed E-state index contributed by atoms with van der Waals surface area (Å²) < 4.78 is 13.1. The quantitative estimate of drug-likeness (QED) is 0.561. The molecule has 2 aliphatic heterocycles. The fraction of sp³-hybridized carbons (Fsp3) is 0.429. The number of amides is 2. The minimum Gasteiger partial charge on any atom is -0.497 e. The van der Waals surface area contributed by atoms with Crippen molar-refractivity contribution >= 4 is 22.7 Å². The third-order valence-electron chi connectivity index (χ3n) is 7.47. The molecule has 1 N–H and O–H groups in total.